The van der Waals surface area contributed by atoms with E-state index in [9.17, 15) is 9.90 Å². The van der Waals surface area contributed by atoms with E-state index in [4.69, 9.17) is 4.74 Å². The maximum absolute atomic E-state index is 11.2. The van der Waals surface area contributed by atoms with Gasteiger partial charge < -0.3 is 14.6 Å². The van der Waals surface area contributed by atoms with Crippen LogP contribution in [-0.2, 0) is 14.3 Å². The summed E-state index contributed by atoms with van der Waals surface area (Å²) in [7, 11) is 1.29. The largest absolute Gasteiger partial charge is 0.467 e. The molecule has 0 amide bonds. The van der Waals surface area contributed by atoms with Gasteiger partial charge in [-0.15, -0.1) is 0 Å². The normalized spacial score (nSPS) is 34.2. The van der Waals surface area contributed by atoms with Gasteiger partial charge in [0.2, 0.25) is 0 Å². The summed E-state index contributed by atoms with van der Waals surface area (Å²) in [4.78, 5) is 11.2. The van der Waals surface area contributed by atoms with Crippen molar-refractivity contribution in [3.05, 3.63) is 0 Å². The fraction of sp³-hybridized carbons (Fsp3) is 0.889. The van der Waals surface area contributed by atoms with Crippen molar-refractivity contribution in [3.8, 4) is 0 Å². The van der Waals surface area contributed by atoms with Gasteiger partial charge in [-0.1, -0.05) is 6.92 Å². The molecule has 0 aromatic rings. The molecule has 1 heterocycles. The Balaban J connectivity index is 2.62. The molecule has 1 aliphatic heterocycles. The Morgan fingerprint density at radius 3 is 3.00 bits per heavy atom. The molecule has 4 nitrogen and oxygen atoms in total. The summed E-state index contributed by atoms with van der Waals surface area (Å²) in [6, 6.07) is 0. The molecule has 0 spiro atoms. The quantitative estimate of drug-likeness (QED) is 0.640. The summed E-state index contributed by atoms with van der Waals surface area (Å²) >= 11 is 0. The molecule has 0 aliphatic carbocycles. The molecular formula is C9H16O4. The first-order chi connectivity index (χ1) is 6.12. The summed E-state index contributed by atoms with van der Waals surface area (Å²) < 4.78 is 9.89. The molecule has 1 saturated heterocycles. The van der Waals surface area contributed by atoms with Gasteiger partial charge in [0, 0.05) is 12.8 Å². The number of carbonyl (C=O) groups excluding carboxylic acids is 1. The highest BCUT2D eigenvalue weighted by Crippen LogP contribution is 2.27. The molecule has 4 heteroatoms. The first-order valence-corrected chi connectivity index (χ1v) is 4.55. The lowest BCUT2D eigenvalue weighted by atomic mass is 9.89. The van der Waals surface area contributed by atoms with E-state index in [2.05, 4.69) is 4.74 Å². The van der Waals surface area contributed by atoms with Crippen LogP contribution in [0.4, 0.5) is 0 Å². The summed E-state index contributed by atoms with van der Waals surface area (Å²) in [6.07, 6.45) is 1.45. The highest BCUT2D eigenvalue weighted by atomic mass is 16.5. The monoisotopic (exact) mass is 188 g/mol. The van der Waals surface area contributed by atoms with E-state index < -0.39 is 11.6 Å². The highest BCUT2D eigenvalue weighted by molar-refractivity contribution is 5.79. The topological polar surface area (TPSA) is 55.8 Å². The Kier molecular flexibility index (Phi) is 3.27. The smallest absolute Gasteiger partial charge is 0.338 e. The lowest BCUT2D eigenvalue weighted by Crippen LogP contribution is -2.47. The van der Waals surface area contributed by atoms with Gasteiger partial charge in [-0.05, 0) is 6.42 Å². The number of ether oxygens (including phenoxy) is 2. The van der Waals surface area contributed by atoms with Crippen LogP contribution in [0.15, 0.2) is 0 Å². The van der Waals surface area contributed by atoms with Crippen molar-refractivity contribution in [2.45, 2.75) is 37.9 Å². The Hall–Kier alpha value is -0.610. The molecule has 13 heavy (non-hydrogen) atoms. The molecule has 0 radical (unpaired) electrons. The lowest BCUT2D eigenvalue weighted by Gasteiger charge is -2.34. The summed E-state index contributed by atoms with van der Waals surface area (Å²) in [5.41, 5.74) is -1.33. The molecule has 1 aliphatic rings. The van der Waals surface area contributed by atoms with E-state index in [1.165, 1.54) is 7.11 Å². The molecule has 2 unspecified atom stereocenters. The molecule has 1 rings (SSSR count). The minimum atomic E-state index is -1.33. The molecule has 0 bridgehead atoms. The van der Waals surface area contributed by atoms with E-state index in [0.717, 1.165) is 6.42 Å². The predicted octanol–water partition coefficient (Wildman–Crippen LogP) is 0.480. The molecule has 1 fully saturated rings. The van der Waals surface area contributed by atoms with Crippen LogP contribution in [0, 0.1) is 0 Å². The number of esters is 1. The van der Waals surface area contributed by atoms with Crippen LogP contribution in [0.2, 0.25) is 0 Å². The van der Waals surface area contributed by atoms with Gasteiger partial charge in [0.15, 0.2) is 5.60 Å². The van der Waals surface area contributed by atoms with Gasteiger partial charge in [0.1, 0.15) is 0 Å². The second-order valence-corrected chi connectivity index (χ2v) is 3.38. The van der Waals surface area contributed by atoms with E-state index in [0.29, 0.717) is 19.4 Å². The Morgan fingerprint density at radius 2 is 2.46 bits per heavy atom. The van der Waals surface area contributed by atoms with Crippen molar-refractivity contribution in [2.75, 3.05) is 13.7 Å². The van der Waals surface area contributed by atoms with Crippen LogP contribution in [0.3, 0.4) is 0 Å². The van der Waals surface area contributed by atoms with Gasteiger partial charge >= 0.3 is 5.97 Å². The number of hydrogen-bond acceptors (Lipinski definition) is 4. The molecular weight excluding hydrogens is 172 g/mol. The number of methoxy groups -OCH3 is 1. The van der Waals surface area contributed by atoms with Crippen LogP contribution in [-0.4, -0.2) is 36.5 Å². The number of carbonyl (C=O) groups is 1. The van der Waals surface area contributed by atoms with Gasteiger partial charge in [-0.25, -0.2) is 4.79 Å². The first-order valence-electron chi connectivity index (χ1n) is 4.55. The number of rotatable bonds is 2. The Morgan fingerprint density at radius 1 is 1.77 bits per heavy atom. The summed E-state index contributed by atoms with van der Waals surface area (Å²) in [5, 5.41) is 9.89. The van der Waals surface area contributed by atoms with E-state index in [1.54, 1.807) is 0 Å². The van der Waals surface area contributed by atoms with Crippen molar-refractivity contribution >= 4 is 5.97 Å². The van der Waals surface area contributed by atoms with Crippen molar-refractivity contribution in [2.24, 2.45) is 0 Å². The Bertz CT molecular complexity index is 192. The summed E-state index contributed by atoms with van der Waals surface area (Å²) in [6.45, 7) is 2.39. The zero-order chi connectivity index (χ0) is 9.90. The van der Waals surface area contributed by atoms with Crippen LogP contribution in [0.25, 0.3) is 0 Å². The minimum absolute atomic E-state index is 0.0298. The van der Waals surface area contributed by atoms with E-state index in [1.807, 2.05) is 6.92 Å². The van der Waals surface area contributed by atoms with Crippen LogP contribution in [0.5, 0.6) is 0 Å². The van der Waals surface area contributed by atoms with Crippen molar-refractivity contribution in [1.82, 2.24) is 0 Å². The highest BCUT2D eigenvalue weighted by Gasteiger charge is 2.42. The van der Waals surface area contributed by atoms with Crippen LogP contribution < -0.4 is 0 Å². The molecule has 0 aromatic heterocycles. The number of aliphatic hydroxyl groups is 1. The van der Waals surface area contributed by atoms with Crippen molar-refractivity contribution in [1.29, 1.82) is 0 Å². The third kappa shape index (κ3) is 2.19. The standard InChI is InChI=1S/C9H16O4/c1-3-7-6-9(11,4-5-13-7)8(10)12-2/h7,11H,3-6H2,1-2H3. The zero-order valence-electron chi connectivity index (χ0n) is 8.08. The first kappa shape index (κ1) is 10.5. The van der Waals surface area contributed by atoms with Gasteiger partial charge in [0.05, 0.1) is 19.8 Å². The Labute approximate surface area is 77.8 Å². The average Bonchev–Trinajstić information content (AvgIpc) is 2.16. The maximum atomic E-state index is 11.2. The fourth-order valence-electron chi connectivity index (χ4n) is 1.57. The predicted molar refractivity (Wildman–Crippen MR) is 46.2 cm³/mol. The van der Waals surface area contributed by atoms with E-state index >= 15 is 0 Å². The molecule has 2 atom stereocenters. The fourth-order valence-corrected chi connectivity index (χ4v) is 1.57. The second-order valence-electron chi connectivity index (χ2n) is 3.38. The third-order valence-corrected chi connectivity index (χ3v) is 2.46. The van der Waals surface area contributed by atoms with E-state index in [-0.39, 0.29) is 6.10 Å². The maximum Gasteiger partial charge on any atom is 0.338 e. The molecule has 1 N–H and O–H groups in total. The van der Waals surface area contributed by atoms with Gasteiger partial charge in [-0.2, -0.15) is 0 Å². The SMILES string of the molecule is CCC1CC(O)(C(=O)OC)CCO1. The summed E-state index contributed by atoms with van der Waals surface area (Å²) in [5.74, 6) is -0.547. The minimum Gasteiger partial charge on any atom is -0.467 e. The number of hydrogen-bond donors (Lipinski definition) is 1. The van der Waals surface area contributed by atoms with Crippen molar-refractivity contribution in [3.63, 3.8) is 0 Å². The average molecular weight is 188 g/mol. The molecule has 0 saturated carbocycles. The van der Waals surface area contributed by atoms with Crippen LogP contribution in [0.1, 0.15) is 26.2 Å². The lowest BCUT2D eigenvalue weighted by molar-refractivity contribution is -0.177. The van der Waals surface area contributed by atoms with Gasteiger partial charge in [-0.3, -0.25) is 0 Å². The zero-order valence-corrected chi connectivity index (χ0v) is 8.08. The molecule has 0 aromatic carbocycles. The second kappa shape index (κ2) is 4.07. The van der Waals surface area contributed by atoms with Crippen LogP contribution >= 0.6 is 0 Å². The van der Waals surface area contributed by atoms with Crippen molar-refractivity contribution < 1.29 is 19.4 Å². The third-order valence-electron chi connectivity index (χ3n) is 2.46. The molecule has 76 valence electrons. The van der Waals surface area contributed by atoms with Gasteiger partial charge in [0.25, 0.3) is 0 Å².